The van der Waals surface area contributed by atoms with Crippen LogP contribution in [0.4, 0.5) is 0 Å². The molecule has 4 aliphatic heterocycles. The maximum atomic E-state index is 11.2. The highest BCUT2D eigenvalue weighted by Gasteiger charge is 2.25. The predicted molar refractivity (Wildman–Crippen MR) is 217 cm³/mol. The first-order valence-electron chi connectivity index (χ1n) is 19.9. The van der Waals surface area contributed by atoms with E-state index in [4.69, 9.17) is 18.9 Å². The normalized spacial score (nSPS) is 15.0. The molecule has 4 rings (SSSR count). The van der Waals surface area contributed by atoms with E-state index < -0.39 is 0 Å². The average molecular weight is 873 g/mol. The summed E-state index contributed by atoms with van der Waals surface area (Å²) in [7, 11) is 0. The quantitative estimate of drug-likeness (QED) is 0.0843. The highest BCUT2D eigenvalue weighted by Crippen LogP contribution is 2.06. The van der Waals surface area contributed by atoms with Gasteiger partial charge in [-0.15, -0.1) is 0 Å². The van der Waals surface area contributed by atoms with Crippen LogP contribution in [0.15, 0.2) is 48.6 Å². The molecule has 0 unspecified atom stereocenters. The Morgan fingerprint density at radius 1 is 0.339 bits per heavy atom. The Hall–Kier alpha value is -5.96. The van der Waals surface area contributed by atoms with E-state index in [1.807, 2.05) is 0 Å². The number of carbonyl (C=O) groups is 12. The van der Waals surface area contributed by atoms with Crippen LogP contribution in [-0.2, 0) is 76.5 Å². The van der Waals surface area contributed by atoms with Crippen molar-refractivity contribution in [2.24, 2.45) is 0 Å². The first-order chi connectivity index (χ1) is 29.4. The number of carbonyl (C=O) groups excluding carboxylic acids is 12. The molecule has 0 saturated heterocycles. The van der Waals surface area contributed by atoms with E-state index in [1.54, 1.807) is 6.92 Å². The molecule has 0 spiro atoms. The molecular weight excluding hydrogens is 816 g/mol. The number of nitrogens with zero attached hydrogens (tertiary/aromatic N) is 4. The summed E-state index contributed by atoms with van der Waals surface area (Å²) in [6, 6.07) is 0. The minimum absolute atomic E-state index is 0.0175. The van der Waals surface area contributed by atoms with Gasteiger partial charge in [-0.3, -0.25) is 67.5 Å². The second-order valence-corrected chi connectivity index (χ2v) is 13.7. The third kappa shape index (κ3) is 23.7. The molecule has 0 radical (unpaired) electrons. The van der Waals surface area contributed by atoms with Crippen LogP contribution in [0.2, 0.25) is 0 Å². The van der Waals surface area contributed by atoms with Gasteiger partial charge in [0.15, 0.2) is 5.78 Å². The number of hydrogen-bond donors (Lipinski definition) is 0. The van der Waals surface area contributed by atoms with Gasteiger partial charge in [0.1, 0.15) is 24.0 Å². The van der Waals surface area contributed by atoms with Crippen LogP contribution >= 0.6 is 0 Å². The third-order valence-electron chi connectivity index (χ3n) is 8.23. The van der Waals surface area contributed by atoms with Crippen molar-refractivity contribution < 1.29 is 76.5 Å². The molecule has 0 aromatic rings. The van der Waals surface area contributed by atoms with Crippen molar-refractivity contribution in [3.63, 3.8) is 0 Å². The molecule has 4 heterocycles. The second kappa shape index (κ2) is 31.0. The zero-order valence-corrected chi connectivity index (χ0v) is 35.7. The fourth-order valence-electron chi connectivity index (χ4n) is 4.97. The van der Waals surface area contributed by atoms with E-state index in [9.17, 15) is 57.5 Å². The van der Waals surface area contributed by atoms with E-state index in [2.05, 4.69) is 0 Å². The van der Waals surface area contributed by atoms with Crippen LogP contribution in [0.5, 0.6) is 0 Å². The number of ketones is 4. The van der Waals surface area contributed by atoms with Crippen LogP contribution < -0.4 is 0 Å². The van der Waals surface area contributed by atoms with Crippen molar-refractivity contribution in [2.45, 2.75) is 66.2 Å². The molecule has 0 aromatic heterocycles. The summed E-state index contributed by atoms with van der Waals surface area (Å²) in [4.78, 5) is 135. The lowest BCUT2D eigenvalue weighted by Crippen LogP contribution is -2.33. The van der Waals surface area contributed by atoms with Crippen molar-refractivity contribution in [2.75, 3.05) is 79.0 Å². The first kappa shape index (κ1) is 54.1. The SMILES string of the molecule is CC(=O)CCCCOCCN1C(=O)C=CC1=O.CC(=O)CCCOCCN1C(=O)C=CC1=O.CC(=O)CCOCCN1C(=O)C=CC1=O.CC(=O)COCCN1C(=O)C=CC1=O. The van der Waals surface area contributed by atoms with Crippen molar-refractivity contribution in [1.29, 1.82) is 0 Å². The lowest BCUT2D eigenvalue weighted by molar-refractivity contribution is -0.139. The second-order valence-electron chi connectivity index (χ2n) is 13.7. The molecule has 4 aliphatic rings. The van der Waals surface area contributed by atoms with Gasteiger partial charge in [0, 0.05) is 81.1 Å². The number of amides is 8. The highest BCUT2D eigenvalue weighted by molar-refractivity contribution is 6.14. The van der Waals surface area contributed by atoms with E-state index in [1.165, 1.54) is 69.4 Å². The van der Waals surface area contributed by atoms with Gasteiger partial charge in [-0.1, -0.05) is 0 Å². The van der Waals surface area contributed by atoms with Crippen molar-refractivity contribution in [1.82, 2.24) is 19.6 Å². The Morgan fingerprint density at radius 2 is 0.613 bits per heavy atom. The van der Waals surface area contributed by atoms with Crippen LogP contribution in [-0.4, -0.2) is 169 Å². The van der Waals surface area contributed by atoms with E-state index in [-0.39, 0.29) is 116 Å². The number of ether oxygens (including phenoxy) is 4. The van der Waals surface area contributed by atoms with Crippen LogP contribution in [0.25, 0.3) is 0 Å². The molecule has 0 N–H and O–H groups in total. The zero-order valence-electron chi connectivity index (χ0n) is 35.7. The summed E-state index contributed by atoms with van der Waals surface area (Å²) in [6.45, 7) is 9.49. The molecule has 340 valence electrons. The lowest BCUT2D eigenvalue weighted by atomic mass is 10.2. The summed E-state index contributed by atoms with van der Waals surface area (Å²) in [5.74, 6) is -2.14. The van der Waals surface area contributed by atoms with E-state index in [0.717, 1.165) is 32.4 Å². The fraction of sp³-hybridized carbons (Fsp3) is 0.524. The van der Waals surface area contributed by atoms with E-state index >= 15 is 0 Å². The molecule has 0 saturated carbocycles. The number of imide groups is 4. The average Bonchev–Trinajstić information content (AvgIpc) is 3.92. The van der Waals surface area contributed by atoms with Gasteiger partial charge in [0.2, 0.25) is 0 Å². The molecule has 8 amide bonds. The highest BCUT2D eigenvalue weighted by atomic mass is 16.5. The molecule has 62 heavy (non-hydrogen) atoms. The van der Waals surface area contributed by atoms with Crippen LogP contribution in [0.3, 0.4) is 0 Å². The van der Waals surface area contributed by atoms with Gasteiger partial charge in [0.25, 0.3) is 47.3 Å². The van der Waals surface area contributed by atoms with Gasteiger partial charge in [-0.25, -0.2) is 0 Å². The summed E-state index contributed by atoms with van der Waals surface area (Å²) < 4.78 is 20.5. The number of rotatable bonds is 26. The molecule has 0 bridgehead atoms. The van der Waals surface area contributed by atoms with E-state index in [0.29, 0.717) is 58.7 Å². The minimum atomic E-state index is -0.332. The van der Waals surface area contributed by atoms with Gasteiger partial charge in [-0.2, -0.15) is 0 Å². The zero-order chi connectivity index (χ0) is 46.5. The maximum absolute atomic E-state index is 11.2. The first-order valence-corrected chi connectivity index (χ1v) is 19.9. The Balaban J connectivity index is 0.000000414. The number of unbranched alkanes of at least 4 members (excludes halogenated alkanes) is 1. The van der Waals surface area contributed by atoms with Crippen LogP contribution in [0.1, 0.15) is 66.2 Å². The fourth-order valence-corrected chi connectivity index (χ4v) is 4.97. The number of hydrogen-bond acceptors (Lipinski definition) is 16. The van der Waals surface area contributed by atoms with Gasteiger partial charge in [0.05, 0.1) is 59.2 Å². The van der Waals surface area contributed by atoms with Gasteiger partial charge in [-0.05, 0) is 47.0 Å². The molecule has 0 fully saturated rings. The Kier molecular flexibility index (Phi) is 27.0. The van der Waals surface area contributed by atoms with Gasteiger partial charge < -0.3 is 28.5 Å². The summed E-state index contributed by atoms with van der Waals surface area (Å²) in [5, 5.41) is 0. The van der Waals surface area contributed by atoms with Crippen LogP contribution in [0, 0.1) is 0 Å². The summed E-state index contributed by atoms with van der Waals surface area (Å²) >= 11 is 0. The molecule has 0 atom stereocenters. The maximum Gasteiger partial charge on any atom is 0.253 e. The Labute approximate surface area is 359 Å². The monoisotopic (exact) mass is 872 g/mol. The Morgan fingerprint density at radius 3 is 0.919 bits per heavy atom. The lowest BCUT2D eigenvalue weighted by Gasteiger charge is -2.13. The summed E-state index contributed by atoms with van der Waals surface area (Å²) in [5.41, 5.74) is 0. The molecule has 0 aromatic carbocycles. The standard InChI is InChI=1S/C12H17NO4.C11H15NO4.C10H13NO4.C9H11NO4/c1-10(14)4-2-3-8-17-9-7-13-11(15)5-6-12(13)16;1-9(13)3-2-7-16-8-6-12-10(14)4-5-11(12)15;1-8(12)4-6-15-7-5-11-9(13)2-3-10(11)14;1-7(11)6-14-5-4-10-8(12)2-3-9(10)13/h5-6H,2-4,7-9H2,1H3;4-5H,2-3,6-8H2,1H3;2-3H,4-7H2,1H3;2-3H,4-6H2,1H3. The van der Waals surface area contributed by atoms with Crippen molar-refractivity contribution in [3.8, 4) is 0 Å². The third-order valence-corrected chi connectivity index (χ3v) is 8.23. The Bertz CT molecular complexity index is 1690. The topological polar surface area (TPSA) is 255 Å². The molecule has 20 nitrogen and oxygen atoms in total. The molecular formula is C42H56N4O16. The largest absolute Gasteiger partial charge is 0.380 e. The molecule has 20 heteroatoms. The minimum Gasteiger partial charge on any atom is -0.380 e. The van der Waals surface area contributed by atoms with Gasteiger partial charge >= 0.3 is 0 Å². The van der Waals surface area contributed by atoms with Crippen molar-refractivity contribution in [3.05, 3.63) is 48.6 Å². The number of Topliss-reactive ketones (excluding diaryl/α,β-unsaturated/α-hetero) is 4. The predicted octanol–water partition coefficient (Wildman–Crippen LogP) is 0.409. The summed E-state index contributed by atoms with van der Waals surface area (Å²) in [6.07, 6.45) is 13.7. The molecule has 0 aliphatic carbocycles. The van der Waals surface area contributed by atoms with Crippen molar-refractivity contribution >= 4 is 70.4 Å². The smallest absolute Gasteiger partial charge is 0.253 e.